The fraction of sp³-hybridized carbons (Fsp3) is 0.679. The summed E-state index contributed by atoms with van der Waals surface area (Å²) in [6, 6.07) is 0. The molecule has 0 aromatic heterocycles. The fourth-order valence-electron chi connectivity index (χ4n) is 6.02. The number of allylic oxidation sites excluding steroid dienone is 5. The summed E-state index contributed by atoms with van der Waals surface area (Å²) in [5.41, 5.74) is 1.64. The molecule has 0 bridgehead atoms. The van der Waals surface area contributed by atoms with Gasteiger partial charge in [0, 0.05) is 12.0 Å². The van der Waals surface area contributed by atoms with Crippen molar-refractivity contribution in [1.29, 1.82) is 0 Å². The van der Waals surface area contributed by atoms with E-state index < -0.39 is 11.9 Å². The third-order valence-electron chi connectivity index (χ3n) is 8.35. The molecular weight excluding hydrogens is 416 g/mol. The molecule has 33 heavy (non-hydrogen) atoms. The highest BCUT2D eigenvalue weighted by Crippen LogP contribution is 2.60. The number of carbonyl (C=O) groups is 1. The second-order valence-electron chi connectivity index (χ2n) is 10.5. The van der Waals surface area contributed by atoms with E-state index in [-0.39, 0.29) is 41.8 Å². The number of fused-ring (bicyclic) bond motifs is 2. The van der Waals surface area contributed by atoms with Gasteiger partial charge in [-0.05, 0) is 61.9 Å². The molecule has 7 atom stereocenters. The van der Waals surface area contributed by atoms with Crippen molar-refractivity contribution in [2.45, 2.75) is 90.6 Å². The minimum Gasteiger partial charge on any atom is -0.459 e. The maximum atomic E-state index is 12.5. The van der Waals surface area contributed by atoms with Gasteiger partial charge in [0.05, 0.1) is 6.61 Å². The molecule has 3 aliphatic rings. The predicted molar refractivity (Wildman–Crippen MR) is 130 cm³/mol. The van der Waals surface area contributed by atoms with Gasteiger partial charge in [-0.1, -0.05) is 70.1 Å². The predicted octanol–water partition coefficient (Wildman–Crippen LogP) is 5.25. The topological polar surface area (TPSA) is 76.0 Å². The van der Waals surface area contributed by atoms with Gasteiger partial charge in [0.1, 0.15) is 12.2 Å². The van der Waals surface area contributed by atoms with Crippen LogP contribution in [0.3, 0.4) is 0 Å². The van der Waals surface area contributed by atoms with E-state index in [0.717, 1.165) is 17.6 Å². The van der Waals surface area contributed by atoms with E-state index in [0.29, 0.717) is 19.3 Å². The van der Waals surface area contributed by atoms with Crippen molar-refractivity contribution in [2.24, 2.45) is 23.2 Å². The van der Waals surface area contributed by atoms with Gasteiger partial charge >= 0.3 is 5.97 Å². The first-order chi connectivity index (χ1) is 15.6. The molecule has 184 valence electrons. The average Bonchev–Trinajstić information content (AvgIpc) is 3.06. The van der Waals surface area contributed by atoms with E-state index in [2.05, 4.69) is 39.5 Å². The molecule has 1 aliphatic heterocycles. The average molecular weight is 459 g/mol. The molecule has 0 amide bonds. The van der Waals surface area contributed by atoms with Gasteiger partial charge in [-0.25, -0.2) is 4.79 Å². The lowest BCUT2D eigenvalue weighted by Crippen LogP contribution is -2.64. The number of hydrogen-bond donors (Lipinski definition) is 2. The highest BCUT2D eigenvalue weighted by Gasteiger charge is 2.64. The van der Waals surface area contributed by atoms with Crippen molar-refractivity contribution >= 4 is 5.97 Å². The first kappa shape index (κ1) is 25.9. The lowest BCUT2D eigenvalue weighted by Gasteiger charge is -2.58. The SMILES string of the molecule is C=C1CO[C@@]2(O)[C@H]1C[C@]1(C)[C@@H](C)[C@H](OC(=O)/C=C/C=C(C)/C=C/CCCCC)CC[C@H]1[C@@H]2O. The number of unbranched alkanes of at least 4 members (excludes halogenated alkanes) is 3. The molecule has 2 N–H and O–H groups in total. The molecular formula is C28H42O5. The number of esters is 1. The largest absolute Gasteiger partial charge is 0.459 e. The van der Waals surface area contributed by atoms with Crippen LogP contribution in [0.25, 0.3) is 0 Å². The van der Waals surface area contributed by atoms with E-state index in [4.69, 9.17) is 9.47 Å². The molecule has 2 saturated carbocycles. The molecule has 3 rings (SSSR count). The quantitative estimate of drug-likeness (QED) is 0.171. The minimum atomic E-state index is -1.54. The summed E-state index contributed by atoms with van der Waals surface area (Å²) in [4.78, 5) is 12.5. The van der Waals surface area contributed by atoms with Gasteiger partial charge in [0.2, 0.25) is 0 Å². The van der Waals surface area contributed by atoms with Gasteiger partial charge < -0.3 is 19.7 Å². The normalized spacial score (nSPS) is 39.2. The van der Waals surface area contributed by atoms with Crippen LogP contribution in [-0.4, -0.2) is 40.8 Å². The van der Waals surface area contributed by atoms with Crippen LogP contribution in [0.2, 0.25) is 0 Å². The Labute approximate surface area is 199 Å². The zero-order valence-electron chi connectivity index (χ0n) is 20.8. The molecule has 0 spiro atoms. The molecule has 5 heteroatoms. The van der Waals surface area contributed by atoms with Gasteiger partial charge in [-0.3, -0.25) is 0 Å². The molecule has 2 aliphatic carbocycles. The lowest BCUT2D eigenvalue weighted by atomic mass is 9.50. The Balaban J connectivity index is 1.59. The monoisotopic (exact) mass is 458 g/mol. The van der Waals surface area contributed by atoms with Crippen molar-refractivity contribution in [1.82, 2.24) is 0 Å². The van der Waals surface area contributed by atoms with E-state index in [1.807, 2.05) is 13.0 Å². The van der Waals surface area contributed by atoms with Crippen molar-refractivity contribution in [3.05, 3.63) is 48.1 Å². The van der Waals surface area contributed by atoms with Crippen LogP contribution < -0.4 is 0 Å². The molecule has 0 radical (unpaired) electrons. The van der Waals surface area contributed by atoms with Crippen LogP contribution in [0.4, 0.5) is 0 Å². The maximum absolute atomic E-state index is 12.5. The van der Waals surface area contributed by atoms with Crippen molar-refractivity contribution < 1.29 is 24.5 Å². The smallest absolute Gasteiger partial charge is 0.331 e. The molecule has 3 fully saturated rings. The van der Waals surface area contributed by atoms with Crippen molar-refractivity contribution in [2.75, 3.05) is 6.61 Å². The zero-order valence-corrected chi connectivity index (χ0v) is 20.8. The highest BCUT2D eigenvalue weighted by atomic mass is 16.6. The molecule has 0 aromatic rings. The van der Waals surface area contributed by atoms with Crippen LogP contribution in [0.15, 0.2) is 48.1 Å². The van der Waals surface area contributed by atoms with Crippen LogP contribution in [0, 0.1) is 23.2 Å². The van der Waals surface area contributed by atoms with Crippen LogP contribution in [0.1, 0.15) is 72.6 Å². The summed E-state index contributed by atoms with van der Waals surface area (Å²) in [7, 11) is 0. The third kappa shape index (κ3) is 5.36. The summed E-state index contributed by atoms with van der Waals surface area (Å²) >= 11 is 0. The molecule has 0 unspecified atom stereocenters. The van der Waals surface area contributed by atoms with E-state index in [1.165, 1.54) is 25.3 Å². The van der Waals surface area contributed by atoms with Crippen LogP contribution in [0.5, 0.6) is 0 Å². The fourth-order valence-corrected chi connectivity index (χ4v) is 6.02. The molecule has 0 aromatic carbocycles. The van der Waals surface area contributed by atoms with Crippen molar-refractivity contribution in [3.8, 4) is 0 Å². The Hall–Kier alpha value is -1.69. The van der Waals surface area contributed by atoms with Gasteiger partial charge in [-0.2, -0.15) is 0 Å². The summed E-state index contributed by atoms with van der Waals surface area (Å²) < 4.78 is 11.4. The van der Waals surface area contributed by atoms with Crippen molar-refractivity contribution in [3.63, 3.8) is 0 Å². The molecule has 5 nitrogen and oxygen atoms in total. The first-order valence-corrected chi connectivity index (χ1v) is 12.6. The Bertz CT molecular complexity index is 811. The van der Waals surface area contributed by atoms with Crippen LogP contribution >= 0.6 is 0 Å². The summed E-state index contributed by atoms with van der Waals surface area (Å²) in [5, 5.41) is 22.0. The van der Waals surface area contributed by atoms with E-state index in [1.54, 1.807) is 6.08 Å². The Kier molecular flexibility index (Phi) is 8.41. The van der Waals surface area contributed by atoms with Crippen LogP contribution in [-0.2, 0) is 14.3 Å². The van der Waals surface area contributed by atoms with E-state index in [9.17, 15) is 15.0 Å². The molecule has 1 saturated heterocycles. The summed E-state index contributed by atoms with van der Waals surface area (Å²) in [5.74, 6) is -2.24. The van der Waals surface area contributed by atoms with Gasteiger partial charge in [0.25, 0.3) is 0 Å². The van der Waals surface area contributed by atoms with Gasteiger partial charge in [0.15, 0.2) is 5.79 Å². The highest BCUT2D eigenvalue weighted by molar-refractivity contribution is 5.82. The lowest BCUT2D eigenvalue weighted by molar-refractivity contribution is -0.306. The zero-order chi connectivity index (χ0) is 24.2. The third-order valence-corrected chi connectivity index (χ3v) is 8.35. The number of ether oxygens (including phenoxy) is 2. The Morgan fingerprint density at radius 3 is 2.79 bits per heavy atom. The number of carbonyl (C=O) groups excluding carboxylic acids is 1. The number of aliphatic hydroxyl groups excluding tert-OH is 1. The number of aliphatic hydroxyl groups is 2. The van der Waals surface area contributed by atoms with Gasteiger partial charge in [-0.15, -0.1) is 0 Å². The Morgan fingerprint density at radius 2 is 2.06 bits per heavy atom. The minimum absolute atomic E-state index is 0.0459. The first-order valence-electron chi connectivity index (χ1n) is 12.6. The maximum Gasteiger partial charge on any atom is 0.331 e. The summed E-state index contributed by atoms with van der Waals surface area (Å²) in [6.07, 6.45) is 15.0. The Morgan fingerprint density at radius 1 is 1.30 bits per heavy atom. The van der Waals surface area contributed by atoms with E-state index >= 15 is 0 Å². The summed E-state index contributed by atoms with van der Waals surface area (Å²) in [6.45, 7) is 12.8. The number of rotatable bonds is 8. The second kappa shape index (κ2) is 10.7. The molecule has 1 heterocycles. The second-order valence-corrected chi connectivity index (χ2v) is 10.5. The number of hydrogen-bond acceptors (Lipinski definition) is 5. The standard InChI is InChI=1S/C28H42O5/c1-6-7-8-9-10-12-19(2)13-11-14-25(29)33-24-16-15-22-26(30)28(31)23(20(3)18-32-28)17-27(22,5)21(24)4/h10-14,21-24,26,30-31H,3,6-9,15-18H2,1-2,4-5H3/b12-10+,14-11+,19-13+/t21-,22-,23-,24+,26-,27+,28-/m0/s1.